The first-order valence-electron chi connectivity index (χ1n) is 11.7. The zero-order valence-electron chi connectivity index (χ0n) is 20.2. The molecule has 36 heavy (non-hydrogen) atoms. The number of amides is 3. The van der Waals surface area contributed by atoms with E-state index in [2.05, 4.69) is 36.3 Å². The third kappa shape index (κ3) is 4.33. The van der Waals surface area contributed by atoms with Crippen molar-refractivity contribution in [2.45, 2.75) is 33.2 Å². The van der Waals surface area contributed by atoms with Gasteiger partial charge in [0, 0.05) is 17.4 Å². The molecule has 5 rings (SSSR count). The van der Waals surface area contributed by atoms with Crippen LogP contribution in [-0.4, -0.2) is 33.6 Å². The highest BCUT2D eigenvalue weighted by atomic mass is 32.1. The van der Waals surface area contributed by atoms with Crippen molar-refractivity contribution >= 4 is 34.2 Å². The van der Waals surface area contributed by atoms with Gasteiger partial charge in [0.05, 0.1) is 16.8 Å². The number of rotatable bonds is 6. The van der Waals surface area contributed by atoms with Gasteiger partial charge in [-0.25, -0.2) is 4.98 Å². The van der Waals surface area contributed by atoms with Crippen LogP contribution in [0, 0.1) is 20.8 Å². The number of hydrogen-bond donors (Lipinski definition) is 1. The highest BCUT2D eigenvalue weighted by molar-refractivity contribution is 7.14. The molecule has 1 aliphatic rings. The van der Waals surface area contributed by atoms with Crippen LogP contribution < -0.4 is 5.32 Å². The lowest BCUT2D eigenvalue weighted by atomic mass is 9.99. The van der Waals surface area contributed by atoms with Crippen molar-refractivity contribution in [3.63, 3.8) is 0 Å². The summed E-state index contributed by atoms with van der Waals surface area (Å²) < 4.78 is 0. The molecule has 1 unspecified atom stereocenters. The third-order valence-corrected chi connectivity index (χ3v) is 7.32. The number of nitrogens with one attached hydrogen (secondary N) is 1. The molecule has 7 heteroatoms. The van der Waals surface area contributed by atoms with Crippen molar-refractivity contribution in [1.82, 2.24) is 9.88 Å². The number of carbonyl (C=O) groups is 3. The topological polar surface area (TPSA) is 79.4 Å². The van der Waals surface area contributed by atoms with Gasteiger partial charge in [0.15, 0.2) is 5.13 Å². The summed E-state index contributed by atoms with van der Waals surface area (Å²) in [6.07, 6.45) is 0.201. The summed E-state index contributed by atoms with van der Waals surface area (Å²) in [6, 6.07) is 19.2. The Morgan fingerprint density at radius 1 is 0.861 bits per heavy atom. The van der Waals surface area contributed by atoms with Crippen LogP contribution in [0.1, 0.15) is 43.0 Å². The van der Waals surface area contributed by atoms with Crippen molar-refractivity contribution in [2.24, 2.45) is 0 Å². The molecule has 1 atom stereocenters. The number of fused-ring (bicyclic) bond motifs is 1. The van der Waals surface area contributed by atoms with Gasteiger partial charge in [0.2, 0.25) is 5.91 Å². The molecule has 4 aromatic rings. The van der Waals surface area contributed by atoms with E-state index in [1.165, 1.54) is 22.5 Å². The second kappa shape index (κ2) is 9.51. The number of benzene rings is 3. The van der Waals surface area contributed by atoms with E-state index in [4.69, 9.17) is 0 Å². The van der Waals surface area contributed by atoms with Crippen molar-refractivity contribution in [1.29, 1.82) is 0 Å². The van der Waals surface area contributed by atoms with Gasteiger partial charge in [-0.1, -0.05) is 48.5 Å². The standard InChI is InChI=1S/C29H25N3O3S/c1-17-13-19(3)23(14-18(17)2)24-16-36-29(30-24)31-26(33)25(15-20-9-5-4-6-10-20)32-27(34)21-11-7-8-12-22(21)28(32)35/h4-14,16,25H,15H2,1-3H3,(H,30,31,33). The Labute approximate surface area is 213 Å². The summed E-state index contributed by atoms with van der Waals surface area (Å²) in [6.45, 7) is 6.17. The number of carbonyl (C=O) groups excluding carboxylic acids is 3. The first kappa shape index (κ1) is 23.6. The van der Waals surface area contributed by atoms with Crippen molar-refractivity contribution in [2.75, 3.05) is 5.32 Å². The highest BCUT2D eigenvalue weighted by Crippen LogP contribution is 2.31. The van der Waals surface area contributed by atoms with Crippen LogP contribution in [-0.2, 0) is 11.2 Å². The number of aromatic nitrogens is 1. The fourth-order valence-corrected chi connectivity index (χ4v) is 5.22. The van der Waals surface area contributed by atoms with Gasteiger partial charge in [-0.15, -0.1) is 11.3 Å². The molecule has 0 saturated carbocycles. The van der Waals surface area contributed by atoms with Gasteiger partial charge in [-0.2, -0.15) is 0 Å². The molecule has 6 nitrogen and oxygen atoms in total. The molecule has 0 fully saturated rings. The van der Waals surface area contributed by atoms with Crippen LogP contribution in [0.5, 0.6) is 0 Å². The second-order valence-corrected chi connectivity index (χ2v) is 9.87. The van der Waals surface area contributed by atoms with Gasteiger partial charge < -0.3 is 5.32 Å². The van der Waals surface area contributed by atoms with E-state index in [-0.39, 0.29) is 6.42 Å². The van der Waals surface area contributed by atoms with E-state index in [0.29, 0.717) is 16.3 Å². The predicted octanol–water partition coefficient (Wildman–Crippen LogP) is 5.58. The molecule has 1 aliphatic heterocycles. The maximum atomic E-state index is 13.6. The SMILES string of the molecule is Cc1cc(C)c(-c2csc(NC(=O)C(Cc3ccccc3)N3C(=O)c4ccccc4C3=O)n2)cc1C. The van der Waals surface area contributed by atoms with E-state index in [1.54, 1.807) is 24.3 Å². The number of anilines is 1. The smallest absolute Gasteiger partial charge is 0.262 e. The van der Waals surface area contributed by atoms with Crippen LogP contribution in [0.25, 0.3) is 11.3 Å². The van der Waals surface area contributed by atoms with Crippen LogP contribution in [0.3, 0.4) is 0 Å². The summed E-state index contributed by atoms with van der Waals surface area (Å²) in [5.74, 6) is -1.37. The molecule has 1 N–H and O–H groups in total. The van der Waals surface area contributed by atoms with Crippen LogP contribution in [0.2, 0.25) is 0 Å². The van der Waals surface area contributed by atoms with E-state index < -0.39 is 23.8 Å². The van der Waals surface area contributed by atoms with Crippen LogP contribution >= 0.6 is 11.3 Å². The summed E-state index contributed by atoms with van der Waals surface area (Å²) in [4.78, 5) is 45.7. The Morgan fingerprint density at radius 2 is 1.47 bits per heavy atom. The minimum Gasteiger partial charge on any atom is -0.300 e. The summed E-state index contributed by atoms with van der Waals surface area (Å²) >= 11 is 1.32. The van der Waals surface area contributed by atoms with E-state index >= 15 is 0 Å². The Kier molecular flexibility index (Phi) is 6.24. The van der Waals surface area contributed by atoms with Crippen molar-refractivity contribution < 1.29 is 14.4 Å². The minimum absolute atomic E-state index is 0.201. The second-order valence-electron chi connectivity index (χ2n) is 9.01. The van der Waals surface area contributed by atoms with Crippen LogP contribution in [0.15, 0.2) is 72.1 Å². The fourth-order valence-electron chi connectivity index (χ4n) is 4.51. The molecule has 180 valence electrons. The van der Waals surface area contributed by atoms with Crippen LogP contribution in [0.4, 0.5) is 5.13 Å². The first-order valence-corrected chi connectivity index (χ1v) is 12.6. The van der Waals surface area contributed by atoms with Gasteiger partial charge >= 0.3 is 0 Å². The zero-order chi connectivity index (χ0) is 25.4. The number of imide groups is 1. The Balaban J connectivity index is 1.44. The number of aryl methyl sites for hydroxylation is 3. The highest BCUT2D eigenvalue weighted by Gasteiger charge is 2.42. The number of thiazole rings is 1. The Morgan fingerprint density at radius 3 is 2.14 bits per heavy atom. The number of nitrogens with zero attached hydrogens (tertiary/aromatic N) is 2. The lowest BCUT2D eigenvalue weighted by molar-refractivity contribution is -0.119. The quantitative estimate of drug-likeness (QED) is 0.354. The molecular weight excluding hydrogens is 470 g/mol. The molecule has 3 amide bonds. The molecular formula is C29H25N3O3S. The normalized spacial score (nSPS) is 13.6. The van der Waals surface area contributed by atoms with E-state index in [9.17, 15) is 14.4 Å². The van der Waals surface area contributed by atoms with E-state index in [0.717, 1.165) is 27.3 Å². The van der Waals surface area contributed by atoms with Gasteiger partial charge in [-0.05, 0) is 61.2 Å². The average molecular weight is 496 g/mol. The summed E-state index contributed by atoms with van der Waals surface area (Å²) in [5, 5.41) is 5.19. The molecule has 3 aromatic carbocycles. The van der Waals surface area contributed by atoms with E-state index in [1.807, 2.05) is 42.6 Å². The minimum atomic E-state index is -1.02. The fraction of sp³-hybridized carbons (Fsp3) is 0.172. The summed E-state index contributed by atoms with van der Waals surface area (Å²) in [5.41, 5.74) is 6.75. The monoisotopic (exact) mass is 495 g/mol. The maximum Gasteiger partial charge on any atom is 0.262 e. The van der Waals surface area contributed by atoms with Gasteiger partial charge in [0.1, 0.15) is 6.04 Å². The van der Waals surface area contributed by atoms with Gasteiger partial charge in [0.25, 0.3) is 11.8 Å². The molecule has 0 saturated heterocycles. The van der Waals surface area contributed by atoms with Crippen molar-refractivity contribution in [3.8, 4) is 11.3 Å². The molecule has 0 bridgehead atoms. The lowest BCUT2D eigenvalue weighted by Crippen LogP contribution is -2.48. The van der Waals surface area contributed by atoms with Gasteiger partial charge in [-0.3, -0.25) is 19.3 Å². The summed E-state index contributed by atoms with van der Waals surface area (Å²) in [7, 11) is 0. The maximum absolute atomic E-state index is 13.6. The molecule has 0 spiro atoms. The first-order chi connectivity index (χ1) is 17.3. The molecule has 0 radical (unpaired) electrons. The predicted molar refractivity (Wildman–Crippen MR) is 141 cm³/mol. The third-order valence-electron chi connectivity index (χ3n) is 6.56. The Bertz CT molecular complexity index is 1460. The average Bonchev–Trinajstić information content (AvgIpc) is 3.43. The number of hydrogen-bond acceptors (Lipinski definition) is 5. The molecule has 2 heterocycles. The Hall–Kier alpha value is -4.10. The zero-order valence-corrected chi connectivity index (χ0v) is 21.1. The largest absolute Gasteiger partial charge is 0.300 e. The molecule has 1 aromatic heterocycles. The van der Waals surface area contributed by atoms with Crippen molar-refractivity contribution in [3.05, 3.63) is 105 Å². The molecule has 0 aliphatic carbocycles. The lowest BCUT2D eigenvalue weighted by Gasteiger charge is -2.25.